The van der Waals surface area contributed by atoms with Crippen molar-refractivity contribution in [1.82, 2.24) is 25.4 Å². The number of methoxy groups -OCH3 is 1. The maximum absolute atomic E-state index is 12.0. The molecule has 2 N–H and O–H groups in total. The average molecular weight is 404 g/mol. The van der Waals surface area contributed by atoms with Gasteiger partial charge in [0.25, 0.3) is 0 Å². The van der Waals surface area contributed by atoms with E-state index in [0.29, 0.717) is 23.3 Å². The Morgan fingerprint density at radius 1 is 1.29 bits per heavy atom. The molecule has 28 heavy (non-hydrogen) atoms. The van der Waals surface area contributed by atoms with Gasteiger partial charge in [0, 0.05) is 12.6 Å². The third-order valence-corrected chi connectivity index (χ3v) is 4.57. The standard InChI is InChI=1S/C19H25N5O3S/c1-5-10-24-18(14-8-6-7-9-15(14)27-4)22-23-19(24)28-12-17(26)20-11-16(25)21-13(2)3/h5-9,13H,1,10-12H2,2-4H3,(H,20,26)(H,21,25). The van der Waals surface area contributed by atoms with Crippen molar-refractivity contribution in [2.75, 3.05) is 19.4 Å². The molecule has 1 heterocycles. The van der Waals surface area contributed by atoms with Crippen molar-refractivity contribution in [2.24, 2.45) is 0 Å². The summed E-state index contributed by atoms with van der Waals surface area (Å²) in [5.74, 6) is 0.968. The monoisotopic (exact) mass is 403 g/mol. The van der Waals surface area contributed by atoms with Gasteiger partial charge in [-0.15, -0.1) is 16.8 Å². The molecule has 0 saturated carbocycles. The Kier molecular flexibility index (Phi) is 8.06. The summed E-state index contributed by atoms with van der Waals surface area (Å²) in [5.41, 5.74) is 0.806. The SMILES string of the molecule is C=CCn1c(SCC(=O)NCC(=O)NC(C)C)nnc1-c1ccccc1OC. The molecule has 1 aromatic heterocycles. The first-order valence-corrected chi connectivity index (χ1v) is 9.81. The van der Waals surface area contributed by atoms with E-state index in [1.54, 1.807) is 13.2 Å². The van der Waals surface area contributed by atoms with Crippen LogP contribution in [-0.4, -0.2) is 52.0 Å². The van der Waals surface area contributed by atoms with Crippen molar-refractivity contribution < 1.29 is 14.3 Å². The second kappa shape index (κ2) is 10.5. The summed E-state index contributed by atoms with van der Waals surface area (Å²) < 4.78 is 7.28. The predicted molar refractivity (Wildman–Crippen MR) is 109 cm³/mol. The number of ether oxygens (including phenoxy) is 1. The van der Waals surface area contributed by atoms with Gasteiger partial charge in [0.2, 0.25) is 11.8 Å². The highest BCUT2D eigenvalue weighted by atomic mass is 32.2. The van der Waals surface area contributed by atoms with Gasteiger partial charge in [0.05, 0.1) is 25.0 Å². The Balaban J connectivity index is 2.06. The van der Waals surface area contributed by atoms with Crippen LogP contribution in [0.5, 0.6) is 5.75 Å². The van der Waals surface area contributed by atoms with Crippen LogP contribution in [0.4, 0.5) is 0 Å². The van der Waals surface area contributed by atoms with Crippen molar-refractivity contribution in [2.45, 2.75) is 31.6 Å². The second-order valence-corrected chi connectivity index (χ2v) is 7.14. The zero-order valence-electron chi connectivity index (χ0n) is 16.3. The fraction of sp³-hybridized carbons (Fsp3) is 0.368. The van der Waals surface area contributed by atoms with E-state index < -0.39 is 0 Å². The number of thioether (sulfide) groups is 1. The van der Waals surface area contributed by atoms with E-state index in [1.807, 2.05) is 42.7 Å². The highest BCUT2D eigenvalue weighted by molar-refractivity contribution is 7.99. The molecular weight excluding hydrogens is 378 g/mol. The molecule has 0 aliphatic heterocycles. The summed E-state index contributed by atoms with van der Waals surface area (Å²) in [6, 6.07) is 7.56. The summed E-state index contributed by atoms with van der Waals surface area (Å²) >= 11 is 1.25. The summed E-state index contributed by atoms with van der Waals surface area (Å²) in [4.78, 5) is 23.7. The smallest absolute Gasteiger partial charge is 0.239 e. The van der Waals surface area contributed by atoms with E-state index >= 15 is 0 Å². The normalized spacial score (nSPS) is 10.6. The molecule has 0 aliphatic rings. The highest BCUT2D eigenvalue weighted by Crippen LogP contribution is 2.30. The van der Waals surface area contributed by atoms with Crippen LogP contribution in [0, 0.1) is 0 Å². The van der Waals surface area contributed by atoms with Gasteiger partial charge in [0.1, 0.15) is 5.75 Å². The van der Waals surface area contributed by atoms with Crippen LogP contribution < -0.4 is 15.4 Å². The third kappa shape index (κ3) is 5.85. The molecule has 150 valence electrons. The number of hydrogen-bond donors (Lipinski definition) is 2. The number of aromatic nitrogens is 3. The number of carbonyl (C=O) groups is 2. The largest absolute Gasteiger partial charge is 0.496 e. The molecule has 0 radical (unpaired) electrons. The first-order chi connectivity index (χ1) is 13.5. The van der Waals surface area contributed by atoms with Gasteiger partial charge in [-0.3, -0.25) is 14.2 Å². The minimum Gasteiger partial charge on any atom is -0.496 e. The van der Waals surface area contributed by atoms with Crippen molar-refractivity contribution >= 4 is 23.6 Å². The molecule has 2 amide bonds. The Hall–Kier alpha value is -2.81. The second-order valence-electron chi connectivity index (χ2n) is 6.19. The van der Waals surface area contributed by atoms with Crippen LogP contribution in [0.15, 0.2) is 42.1 Å². The van der Waals surface area contributed by atoms with Crippen molar-refractivity contribution in [3.05, 3.63) is 36.9 Å². The third-order valence-electron chi connectivity index (χ3n) is 3.60. The molecule has 0 spiro atoms. The van der Waals surface area contributed by atoms with Crippen molar-refractivity contribution in [3.63, 3.8) is 0 Å². The van der Waals surface area contributed by atoms with Gasteiger partial charge in [-0.2, -0.15) is 0 Å². The Labute approximate surface area is 168 Å². The Morgan fingerprint density at radius 2 is 2.04 bits per heavy atom. The van der Waals surface area contributed by atoms with Gasteiger partial charge in [-0.05, 0) is 26.0 Å². The van der Waals surface area contributed by atoms with Crippen molar-refractivity contribution in [3.8, 4) is 17.1 Å². The zero-order valence-corrected chi connectivity index (χ0v) is 17.1. The fourth-order valence-electron chi connectivity index (χ4n) is 2.45. The number of amides is 2. The first kappa shape index (κ1) is 21.5. The zero-order chi connectivity index (χ0) is 20.5. The van der Waals surface area contributed by atoms with Gasteiger partial charge in [-0.25, -0.2) is 0 Å². The first-order valence-electron chi connectivity index (χ1n) is 8.82. The molecule has 8 nitrogen and oxygen atoms in total. The molecule has 1 aromatic carbocycles. The van der Waals surface area contributed by atoms with E-state index in [9.17, 15) is 9.59 Å². The van der Waals surface area contributed by atoms with Crippen molar-refractivity contribution in [1.29, 1.82) is 0 Å². The number of allylic oxidation sites excluding steroid dienone is 1. The van der Waals surface area contributed by atoms with Crippen LogP contribution in [0.1, 0.15) is 13.8 Å². The van der Waals surface area contributed by atoms with Gasteiger partial charge >= 0.3 is 0 Å². The number of para-hydroxylation sites is 1. The Bertz CT molecular complexity index is 835. The molecule has 2 rings (SSSR count). The summed E-state index contributed by atoms with van der Waals surface area (Å²) in [6.45, 7) is 7.94. The lowest BCUT2D eigenvalue weighted by Gasteiger charge is -2.11. The van der Waals surface area contributed by atoms with Crippen LogP contribution >= 0.6 is 11.8 Å². The summed E-state index contributed by atoms with van der Waals surface area (Å²) in [5, 5.41) is 14.4. The molecule has 0 aliphatic carbocycles. The number of benzene rings is 1. The van der Waals surface area contributed by atoms with Crippen LogP contribution in [0.3, 0.4) is 0 Å². The van der Waals surface area contributed by atoms with Crippen LogP contribution in [0.2, 0.25) is 0 Å². The molecule has 0 saturated heterocycles. The summed E-state index contributed by atoms with van der Waals surface area (Å²) in [7, 11) is 1.60. The minimum absolute atomic E-state index is 0.0321. The van der Waals surface area contributed by atoms with Gasteiger partial charge < -0.3 is 15.4 Å². The lowest BCUT2D eigenvalue weighted by Crippen LogP contribution is -2.40. The quantitative estimate of drug-likeness (QED) is 0.464. The fourth-order valence-corrected chi connectivity index (χ4v) is 3.23. The van der Waals surface area contributed by atoms with E-state index in [1.165, 1.54) is 11.8 Å². The van der Waals surface area contributed by atoms with E-state index in [0.717, 1.165) is 5.56 Å². The van der Waals surface area contributed by atoms with Gasteiger partial charge in [-0.1, -0.05) is 30.0 Å². The van der Waals surface area contributed by atoms with Crippen LogP contribution in [-0.2, 0) is 16.1 Å². The number of nitrogens with zero attached hydrogens (tertiary/aromatic N) is 3. The molecule has 0 unspecified atom stereocenters. The van der Waals surface area contributed by atoms with Gasteiger partial charge in [0.15, 0.2) is 11.0 Å². The lowest BCUT2D eigenvalue weighted by atomic mass is 10.2. The molecule has 0 bridgehead atoms. The maximum atomic E-state index is 12.0. The van der Waals surface area contributed by atoms with E-state index in [4.69, 9.17) is 4.74 Å². The summed E-state index contributed by atoms with van der Waals surface area (Å²) in [6.07, 6.45) is 1.74. The predicted octanol–water partition coefficient (Wildman–Crippen LogP) is 1.87. The molecule has 9 heteroatoms. The molecule has 0 fully saturated rings. The van der Waals surface area contributed by atoms with Crippen LogP contribution in [0.25, 0.3) is 11.4 Å². The Morgan fingerprint density at radius 3 is 2.71 bits per heavy atom. The maximum Gasteiger partial charge on any atom is 0.239 e. The number of hydrogen-bond acceptors (Lipinski definition) is 6. The van der Waals surface area contributed by atoms with E-state index in [-0.39, 0.29) is 30.2 Å². The number of rotatable bonds is 10. The number of carbonyl (C=O) groups excluding carboxylic acids is 2. The highest BCUT2D eigenvalue weighted by Gasteiger charge is 2.17. The molecule has 0 atom stereocenters. The molecule has 2 aromatic rings. The average Bonchev–Trinajstić information content (AvgIpc) is 3.07. The minimum atomic E-state index is -0.254. The molecular formula is C19H25N5O3S. The van der Waals surface area contributed by atoms with E-state index in [2.05, 4.69) is 27.4 Å². The lowest BCUT2D eigenvalue weighted by molar-refractivity contribution is -0.125. The number of nitrogens with one attached hydrogen (secondary N) is 2. The topological polar surface area (TPSA) is 98.1 Å².